The van der Waals surface area contributed by atoms with Crippen molar-refractivity contribution in [3.8, 4) is 28.6 Å². The summed E-state index contributed by atoms with van der Waals surface area (Å²) in [4.78, 5) is 26.8. The zero-order valence-electron chi connectivity index (χ0n) is 19.1. The smallest absolute Gasteiger partial charge is 0.162 e. The van der Waals surface area contributed by atoms with Gasteiger partial charge < -0.3 is 4.57 Å². The van der Waals surface area contributed by atoms with Crippen LogP contribution in [0.5, 0.6) is 0 Å². The Morgan fingerprint density at radius 2 is 1.66 bits per heavy atom. The Morgan fingerprint density at radius 3 is 2.46 bits per heavy atom. The number of Topliss-reactive ketones (excluding diaryl/α,β-unsaturated/α-hetero) is 1. The van der Waals surface area contributed by atoms with Gasteiger partial charge in [-0.05, 0) is 43.2 Å². The van der Waals surface area contributed by atoms with Gasteiger partial charge in [-0.15, -0.1) is 0 Å². The predicted octanol–water partition coefficient (Wildman–Crippen LogP) is 6.09. The van der Waals surface area contributed by atoms with Crippen LogP contribution >= 0.6 is 0 Å². The lowest BCUT2D eigenvalue weighted by atomic mass is 10.0. The quantitative estimate of drug-likeness (QED) is 0.208. The van der Waals surface area contributed by atoms with E-state index in [2.05, 4.69) is 11.1 Å². The maximum Gasteiger partial charge on any atom is 0.162 e. The van der Waals surface area contributed by atoms with Gasteiger partial charge in [-0.1, -0.05) is 42.5 Å². The van der Waals surface area contributed by atoms with Gasteiger partial charge in [-0.2, -0.15) is 5.26 Å². The van der Waals surface area contributed by atoms with Crippen LogP contribution in [0.1, 0.15) is 35.2 Å². The number of nitrogens with zero attached hydrogens (tertiary/aromatic N) is 5. The van der Waals surface area contributed by atoms with Gasteiger partial charge >= 0.3 is 0 Å². The highest BCUT2D eigenvalue weighted by atomic mass is 16.1. The Bertz CT molecular complexity index is 1520. The molecular formula is C29H23N5O. The predicted molar refractivity (Wildman–Crippen MR) is 136 cm³/mol. The monoisotopic (exact) mass is 457 g/mol. The van der Waals surface area contributed by atoms with E-state index in [1.54, 1.807) is 18.6 Å². The van der Waals surface area contributed by atoms with Crippen LogP contribution in [0.3, 0.4) is 0 Å². The molecule has 2 aromatic heterocycles. The minimum atomic E-state index is 0.0968. The van der Waals surface area contributed by atoms with E-state index in [4.69, 9.17) is 9.97 Å². The molecule has 0 spiro atoms. The summed E-state index contributed by atoms with van der Waals surface area (Å²) in [5, 5.41) is 9.38. The second-order valence-corrected chi connectivity index (χ2v) is 8.36. The second-order valence-electron chi connectivity index (χ2n) is 8.36. The molecule has 0 unspecified atom stereocenters. The van der Waals surface area contributed by atoms with E-state index in [0.29, 0.717) is 28.8 Å². The molecule has 35 heavy (non-hydrogen) atoms. The topological polar surface area (TPSA) is 84.5 Å². The van der Waals surface area contributed by atoms with E-state index < -0.39 is 0 Å². The number of aryl methyl sites for hydroxylation is 1. The summed E-state index contributed by atoms with van der Waals surface area (Å²) in [7, 11) is 0. The second kappa shape index (κ2) is 10.1. The van der Waals surface area contributed by atoms with Crippen molar-refractivity contribution in [2.24, 2.45) is 0 Å². The summed E-state index contributed by atoms with van der Waals surface area (Å²) in [5.74, 6) is 0.0968. The van der Waals surface area contributed by atoms with Crippen LogP contribution in [-0.2, 0) is 6.54 Å². The van der Waals surface area contributed by atoms with Crippen molar-refractivity contribution in [3.05, 3.63) is 103 Å². The van der Waals surface area contributed by atoms with Crippen LogP contribution in [0.2, 0.25) is 0 Å². The molecule has 0 radical (unpaired) electrons. The molecule has 0 bridgehead atoms. The lowest BCUT2D eigenvalue weighted by Crippen LogP contribution is -2.02. The number of carbonyl (C=O) groups excluding carboxylic acids is 1. The number of ketones is 1. The summed E-state index contributed by atoms with van der Waals surface area (Å²) in [6.07, 6.45) is 7.67. The van der Waals surface area contributed by atoms with Gasteiger partial charge in [-0.3, -0.25) is 4.79 Å². The molecule has 0 atom stereocenters. The largest absolute Gasteiger partial charge is 0.337 e. The standard InChI is InChI=1S/C29H23N5O/c30-19-21-7-6-10-24(17-21)29-28(22-8-2-1-3-9-22)32-25-13-12-23(18-26(25)33-29)27(35)11-4-5-15-34-16-14-31-20-34/h1-3,6-10,12-14,16-18,20H,4-5,11,15H2. The Balaban J connectivity index is 1.47. The summed E-state index contributed by atoms with van der Waals surface area (Å²) < 4.78 is 2.02. The van der Waals surface area contributed by atoms with Gasteiger partial charge in [0.1, 0.15) is 0 Å². The van der Waals surface area contributed by atoms with E-state index >= 15 is 0 Å². The van der Waals surface area contributed by atoms with Gasteiger partial charge in [0.15, 0.2) is 5.78 Å². The first-order chi connectivity index (χ1) is 17.2. The van der Waals surface area contributed by atoms with Crippen LogP contribution < -0.4 is 0 Å². The Hall–Kier alpha value is -4.63. The highest BCUT2D eigenvalue weighted by Crippen LogP contribution is 2.31. The molecule has 0 saturated heterocycles. The van der Waals surface area contributed by atoms with Gasteiger partial charge in [0.2, 0.25) is 0 Å². The summed E-state index contributed by atoms with van der Waals surface area (Å²) in [6.45, 7) is 0.851. The molecule has 0 N–H and O–H groups in total. The highest BCUT2D eigenvalue weighted by Gasteiger charge is 2.15. The molecule has 0 fully saturated rings. The van der Waals surface area contributed by atoms with E-state index in [0.717, 1.165) is 41.7 Å². The molecule has 3 aromatic carbocycles. The van der Waals surface area contributed by atoms with E-state index in [9.17, 15) is 10.1 Å². The summed E-state index contributed by atoms with van der Waals surface area (Å²) in [6, 6.07) is 25.0. The number of fused-ring (bicyclic) bond motifs is 1. The van der Waals surface area contributed by atoms with Crippen molar-refractivity contribution in [2.75, 3.05) is 0 Å². The third-order valence-electron chi connectivity index (χ3n) is 5.93. The van der Waals surface area contributed by atoms with Crippen molar-refractivity contribution in [1.29, 1.82) is 5.26 Å². The number of carbonyl (C=O) groups is 1. The number of rotatable bonds is 8. The SMILES string of the molecule is N#Cc1cccc(-c2nc3cc(C(=O)CCCCn4ccnc4)ccc3nc2-c2ccccc2)c1. The minimum Gasteiger partial charge on any atom is -0.337 e. The number of imidazole rings is 1. The zero-order valence-corrected chi connectivity index (χ0v) is 19.1. The van der Waals surface area contributed by atoms with Crippen molar-refractivity contribution < 1.29 is 4.79 Å². The van der Waals surface area contributed by atoms with Crippen molar-refractivity contribution >= 4 is 16.8 Å². The average molecular weight is 458 g/mol. The van der Waals surface area contributed by atoms with Gasteiger partial charge in [0, 0.05) is 42.0 Å². The molecule has 0 aliphatic heterocycles. The maximum absolute atomic E-state index is 12.9. The van der Waals surface area contributed by atoms with Gasteiger partial charge in [0.25, 0.3) is 0 Å². The first-order valence-corrected chi connectivity index (χ1v) is 11.6. The van der Waals surface area contributed by atoms with Crippen molar-refractivity contribution in [2.45, 2.75) is 25.8 Å². The highest BCUT2D eigenvalue weighted by molar-refractivity contribution is 5.99. The van der Waals surface area contributed by atoms with Gasteiger partial charge in [0.05, 0.1) is 40.4 Å². The van der Waals surface area contributed by atoms with Crippen LogP contribution in [-0.4, -0.2) is 25.3 Å². The van der Waals surface area contributed by atoms with Crippen LogP contribution in [0.25, 0.3) is 33.5 Å². The number of nitriles is 1. The summed E-state index contributed by atoms with van der Waals surface area (Å²) >= 11 is 0. The molecular weight excluding hydrogens is 434 g/mol. The number of hydrogen-bond acceptors (Lipinski definition) is 5. The fourth-order valence-corrected chi connectivity index (χ4v) is 4.11. The van der Waals surface area contributed by atoms with E-state index in [-0.39, 0.29) is 5.78 Å². The van der Waals surface area contributed by atoms with Gasteiger partial charge in [-0.25, -0.2) is 15.0 Å². The molecule has 0 amide bonds. The third-order valence-corrected chi connectivity index (χ3v) is 5.93. The molecule has 6 nitrogen and oxygen atoms in total. The molecule has 0 aliphatic carbocycles. The van der Waals surface area contributed by atoms with E-state index in [1.807, 2.05) is 77.5 Å². The third kappa shape index (κ3) is 4.99. The molecule has 5 rings (SSSR count). The lowest BCUT2D eigenvalue weighted by molar-refractivity contribution is 0.0979. The average Bonchev–Trinajstić information content (AvgIpc) is 3.44. The Kier molecular flexibility index (Phi) is 6.40. The van der Waals surface area contributed by atoms with Crippen LogP contribution in [0.4, 0.5) is 0 Å². The molecule has 0 saturated carbocycles. The molecule has 6 heteroatoms. The van der Waals surface area contributed by atoms with Crippen LogP contribution in [0.15, 0.2) is 91.5 Å². The molecule has 0 aliphatic rings. The van der Waals surface area contributed by atoms with Crippen molar-refractivity contribution in [3.63, 3.8) is 0 Å². The molecule has 170 valence electrons. The Labute approximate surface area is 203 Å². The lowest BCUT2D eigenvalue weighted by Gasteiger charge is -2.11. The zero-order chi connectivity index (χ0) is 24.0. The fourth-order valence-electron chi connectivity index (χ4n) is 4.11. The fraction of sp³-hybridized carbons (Fsp3) is 0.138. The summed E-state index contributed by atoms with van der Waals surface area (Å²) in [5.41, 5.74) is 5.76. The van der Waals surface area contributed by atoms with E-state index in [1.165, 1.54) is 0 Å². The minimum absolute atomic E-state index is 0.0968. The Morgan fingerprint density at radius 1 is 0.857 bits per heavy atom. The first kappa shape index (κ1) is 22.2. The molecule has 2 heterocycles. The first-order valence-electron chi connectivity index (χ1n) is 11.6. The number of benzene rings is 3. The number of hydrogen-bond donors (Lipinski definition) is 0. The number of unbranched alkanes of at least 4 members (excludes halogenated alkanes) is 1. The number of aromatic nitrogens is 4. The maximum atomic E-state index is 12.9. The van der Waals surface area contributed by atoms with Crippen LogP contribution in [0, 0.1) is 11.3 Å². The molecule has 5 aromatic rings. The normalized spacial score (nSPS) is 10.8. The van der Waals surface area contributed by atoms with Crippen molar-refractivity contribution in [1.82, 2.24) is 19.5 Å².